The Hall–Kier alpha value is -1.23. The van der Waals surface area contributed by atoms with Gasteiger partial charge in [-0.25, -0.2) is 8.42 Å². The Morgan fingerprint density at radius 3 is 2.33 bits per heavy atom. The molecule has 4 nitrogen and oxygen atoms in total. The van der Waals surface area contributed by atoms with Crippen molar-refractivity contribution >= 4 is 15.5 Å². The number of ether oxygens (including phenoxy) is 1. The standard InChI is InChI=1S/C13H21NO3S/c1-13(2,3)7-8-17-12-6-5-10(9-11(12)14)18(4,15)16/h5-6,9H,7-8,14H2,1-4H3. The summed E-state index contributed by atoms with van der Waals surface area (Å²) >= 11 is 0. The molecule has 0 aliphatic heterocycles. The molecule has 102 valence electrons. The fourth-order valence-corrected chi connectivity index (χ4v) is 2.01. The molecule has 0 fully saturated rings. The van der Waals surface area contributed by atoms with Crippen molar-refractivity contribution in [1.82, 2.24) is 0 Å². The molecule has 0 spiro atoms. The van der Waals surface area contributed by atoms with E-state index in [0.29, 0.717) is 18.0 Å². The van der Waals surface area contributed by atoms with E-state index in [-0.39, 0.29) is 10.3 Å². The highest BCUT2D eigenvalue weighted by Gasteiger charge is 2.12. The van der Waals surface area contributed by atoms with Crippen molar-refractivity contribution in [2.75, 3.05) is 18.6 Å². The molecule has 0 unspecified atom stereocenters. The van der Waals surface area contributed by atoms with Crippen molar-refractivity contribution in [2.24, 2.45) is 5.41 Å². The molecule has 1 rings (SSSR count). The van der Waals surface area contributed by atoms with Crippen LogP contribution in [0.4, 0.5) is 5.69 Å². The van der Waals surface area contributed by atoms with Crippen LogP contribution >= 0.6 is 0 Å². The molecule has 0 atom stereocenters. The van der Waals surface area contributed by atoms with Crippen LogP contribution in [-0.2, 0) is 9.84 Å². The van der Waals surface area contributed by atoms with Gasteiger partial charge in [-0.15, -0.1) is 0 Å². The lowest BCUT2D eigenvalue weighted by Crippen LogP contribution is -2.11. The first-order valence-corrected chi connectivity index (χ1v) is 7.71. The third kappa shape index (κ3) is 4.56. The number of hydrogen-bond donors (Lipinski definition) is 1. The molecule has 0 saturated carbocycles. The average Bonchev–Trinajstić information content (AvgIpc) is 2.17. The highest BCUT2D eigenvalue weighted by atomic mass is 32.2. The van der Waals surface area contributed by atoms with Gasteiger partial charge in [0.25, 0.3) is 0 Å². The number of sulfone groups is 1. The Balaban J connectivity index is 2.75. The molecule has 2 N–H and O–H groups in total. The molecule has 0 radical (unpaired) electrons. The van der Waals surface area contributed by atoms with E-state index in [1.807, 2.05) is 0 Å². The SMILES string of the molecule is CC(C)(C)CCOc1ccc(S(C)(=O)=O)cc1N. The van der Waals surface area contributed by atoms with Crippen molar-refractivity contribution in [2.45, 2.75) is 32.1 Å². The van der Waals surface area contributed by atoms with Crippen LogP contribution in [0, 0.1) is 5.41 Å². The molecule has 0 aromatic heterocycles. The van der Waals surface area contributed by atoms with Gasteiger partial charge in [0.05, 0.1) is 17.2 Å². The molecule has 18 heavy (non-hydrogen) atoms. The van der Waals surface area contributed by atoms with Crippen LogP contribution in [-0.4, -0.2) is 21.3 Å². The molecule has 0 amide bonds. The molecule has 0 aliphatic carbocycles. The molecule has 0 heterocycles. The molecule has 1 aromatic rings. The maximum atomic E-state index is 11.3. The predicted octanol–water partition coefficient (Wildman–Crippen LogP) is 2.49. The van der Waals surface area contributed by atoms with Gasteiger partial charge >= 0.3 is 0 Å². The van der Waals surface area contributed by atoms with Crippen molar-refractivity contribution in [1.29, 1.82) is 0 Å². The summed E-state index contributed by atoms with van der Waals surface area (Å²) in [7, 11) is -3.22. The summed E-state index contributed by atoms with van der Waals surface area (Å²) < 4.78 is 28.3. The van der Waals surface area contributed by atoms with Gasteiger partial charge < -0.3 is 10.5 Å². The lowest BCUT2D eigenvalue weighted by molar-refractivity contribution is 0.244. The Labute approximate surface area is 109 Å². The first-order chi connectivity index (χ1) is 8.09. The number of anilines is 1. The van der Waals surface area contributed by atoms with E-state index in [0.717, 1.165) is 12.7 Å². The fraction of sp³-hybridized carbons (Fsp3) is 0.538. The largest absolute Gasteiger partial charge is 0.491 e. The lowest BCUT2D eigenvalue weighted by atomic mass is 9.93. The predicted molar refractivity (Wildman–Crippen MR) is 73.5 cm³/mol. The second-order valence-corrected chi connectivity index (χ2v) is 7.65. The summed E-state index contributed by atoms with van der Waals surface area (Å²) in [5, 5.41) is 0. The van der Waals surface area contributed by atoms with E-state index in [2.05, 4.69) is 20.8 Å². The second-order valence-electron chi connectivity index (χ2n) is 5.63. The quantitative estimate of drug-likeness (QED) is 0.854. The molecule has 0 aliphatic rings. The van der Waals surface area contributed by atoms with Crippen LogP contribution in [0.2, 0.25) is 0 Å². The molecule has 5 heteroatoms. The third-order valence-corrected chi connectivity index (χ3v) is 3.63. The normalized spacial score (nSPS) is 12.4. The molecule has 0 bridgehead atoms. The molecule has 1 aromatic carbocycles. The number of rotatable bonds is 4. The summed E-state index contributed by atoms with van der Waals surface area (Å²) in [5.41, 5.74) is 6.33. The van der Waals surface area contributed by atoms with Crippen LogP contribution in [0.15, 0.2) is 23.1 Å². The smallest absolute Gasteiger partial charge is 0.175 e. The van der Waals surface area contributed by atoms with Crippen LogP contribution in [0.3, 0.4) is 0 Å². The van der Waals surface area contributed by atoms with Gasteiger partial charge in [-0.3, -0.25) is 0 Å². The van der Waals surface area contributed by atoms with Crippen LogP contribution < -0.4 is 10.5 Å². The molecular formula is C13H21NO3S. The highest BCUT2D eigenvalue weighted by Crippen LogP contribution is 2.26. The van der Waals surface area contributed by atoms with Gasteiger partial charge in [0.15, 0.2) is 9.84 Å². The second kappa shape index (κ2) is 5.18. The maximum absolute atomic E-state index is 11.3. The van der Waals surface area contributed by atoms with Crippen molar-refractivity contribution in [3.8, 4) is 5.75 Å². The van der Waals surface area contributed by atoms with Gasteiger partial charge in [0.2, 0.25) is 0 Å². The van der Waals surface area contributed by atoms with E-state index < -0.39 is 9.84 Å². The van der Waals surface area contributed by atoms with Gasteiger partial charge in [0, 0.05) is 6.26 Å². The van der Waals surface area contributed by atoms with Gasteiger partial charge in [0.1, 0.15) is 5.75 Å². The summed E-state index contributed by atoms with van der Waals surface area (Å²) in [5.74, 6) is 0.534. The van der Waals surface area contributed by atoms with Crippen LogP contribution in [0.1, 0.15) is 27.2 Å². The van der Waals surface area contributed by atoms with Crippen LogP contribution in [0.25, 0.3) is 0 Å². The Morgan fingerprint density at radius 1 is 1.28 bits per heavy atom. The topological polar surface area (TPSA) is 69.4 Å². The van der Waals surface area contributed by atoms with E-state index >= 15 is 0 Å². The Morgan fingerprint density at radius 2 is 1.89 bits per heavy atom. The summed E-state index contributed by atoms with van der Waals surface area (Å²) in [4.78, 5) is 0.211. The van der Waals surface area contributed by atoms with Crippen molar-refractivity contribution < 1.29 is 13.2 Å². The van der Waals surface area contributed by atoms with Crippen molar-refractivity contribution in [3.63, 3.8) is 0 Å². The van der Waals surface area contributed by atoms with E-state index in [1.165, 1.54) is 12.1 Å². The van der Waals surface area contributed by atoms with Gasteiger partial charge in [-0.05, 0) is 30.0 Å². The molecular weight excluding hydrogens is 250 g/mol. The first-order valence-electron chi connectivity index (χ1n) is 5.82. The minimum Gasteiger partial charge on any atom is -0.491 e. The molecule has 0 saturated heterocycles. The number of benzene rings is 1. The Kier molecular flexibility index (Phi) is 4.27. The fourth-order valence-electron chi connectivity index (χ4n) is 1.36. The monoisotopic (exact) mass is 271 g/mol. The highest BCUT2D eigenvalue weighted by molar-refractivity contribution is 7.90. The van der Waals surface area contributed by atoms with E-state index in [4.69, 9.17) is 10.5 Å². The average molecular weight is 271 g/mol. The summed E-state index contributed by atoms with van der Waals surface area (Å²) in [6.07, 6.45) is 2.06. The van der Waals surface area contributed by atoms with E-state index in [1.54, 1.807) is 6.07 Å². The zero-order chi connectivity index (χ0) is 14.0. The zero-order valence-corrected chi connectivity index (χ0v) is 12.2. The third-order valence-electron chi connectivity index (χ3n) is 2.52. The summed E-state index contributed by atoms with van der Waals surface area (Å²) in [6.45, 7) is 6.96. The van der Waals surface area contributed by atoms with Gasteiger partial charge in [-0.1, -0.05) is 20.8 Å². The van der Waals surface area contributed by atoms with Gasteiger partial charge in [-0.2, -0.15) is 0 Å². The number of hydrogen-bond acceptors (Lipinski definition) is 4. The Bertz CT molecular complexity index is 516. The van der Waals surface area contributed by atoms with E-state index in [9.17, 15) is 8.42 Å². The minimum absolute atomic E-state index is 0.196. The lowest BCUT2D eigenvalue weighted by Gasteiger charge is -2.18. The minimum atomic E-state index is -3.22. The number of nitrogens with two attached hydrogens (primary N) is 1. The van der Waals surface area contributed by atoms with Crippen LogP contribution in [0.5, 0.6) is 5.75 Å². The summed E-state index contributed by atoms with van der Waals surface area (Å²) in [6, 6.07) is 4.55. The zero-order valence-electron chi connectivity index (χ0n) is 11.4. The number of nitrogen functional groups attached to an aromatic ring is 1. The first kappa shape index (κ1) is 14.8. The maximum Gasteiger partial charge on any atom is 0.175 e. The van der Waals surface area contributed by atoms with Crippen molar-refractivity contribution in [3.05, 3.63) is 18.2 Å².